The fourth-order valence-corrected chi connectivity index (χ4v) is 4.06. The van der Waals surface area contributed by atoms with E-state index in [9.17, 15) is 33.1 Å². The molecule has 0 saturated carbocycles. The quantitative estimate of drug-likeness (QED) is 0.0988. The molecule has 1 aliphatic rings. The maximum atomic E-state index is 13.1. The second kappa shape index (κ2) is 13.4. The van der Waals surface area contributed by atoms with Gasteiger partial charge in [-0.2, -0.15) is 0 Å². The van der Waals surface area contributed by atoms with E-state index < -0.39 is 53.4 Å². The summed E-state index contributed by atoms with van der Waals surface area (Å²) in [5.41, 5.74) is 0.331. The van der Waals surface area contributed by atoms with Crippen LogP contribution in [0.4, 0.5) is 0 Å². The molecular weight excluding hydrogens is 493 g/mol. The van der Waals surface area contributed by atoms with Gasteiger partial charge in [0.15, 0.2) is 0 Å². The van der Waals surface area contributed by atoms with Crippen LogP contribution in [0.5, 0.6) is 0 Å². The van der Waals surface area contributed by atoms with Gasteiger partial charge in [-0.05, 0) is 42.7 Å². The van der Waals surface area contributed by atoms with E-state index in [0.29, 0.717) is 5.56 Å². The first-order valence-electron chi connectivity index (χ1n) is 10.8. The van der Waals surface area contributed by atoms with Crippen LogP contribution in [0, 0.1) is 0 Å². The van der Waals surface area contributed by atoms with E-state index in [2.05, 4.69) is 4.18 Å². The average molecular weight is 522 g/mol. The van der Waals surface area contributed by atoms with E-state index in [1.165, 1.54) is 0 Å². The van der Waals surface area contributed by atoms with Crippen molar-refractivity contribution >= 4 is 27.1 Å². The van der Waals surface area contributed by atoms with Crippen molar-refractivity contribution in [2.24, 2.45) is 0 Å². The van der Waals surface area contributed by atoms with Crippen LogP contribution in [0.2, 0.25) is 0 Å². The van der Waals surface area contributed by atoms with Crippen LogP contribution in [0.15, 0.2) is 42.5 Å². The summed E-state index contributed by atoms with van der Waals surface area (Å²) in [7, 11) is -4.89. The number of hydroxylamine groups is 2. The summed E-state index contributed by atoms with van der Waals surface area (Å²) in [4.78, 5) is 18.5. The minimum Gasteiger partial charge on any atom is -0.726 e. The third-order valence-electron chi connectivity index (χ3n) is 5.58. The molecule has 1 aliphatic heterocycles. The minimum atomic E-state index is -4.89. The number of hydrogen-bond donors (Lipinski definition) is 3. The van der Waals surface area contributed by atoms with Crippen molar-refractivity contribution in [3.05, 3.63) is 48.0 Å². The first-order chi connectivity index (χ1) is 16.1. The van der Waals surface area contributed by atoms with Gasteiger partial charge in [0.1, 0.15) is 18.3 Å². The van der Waals surface area contributed by atoms with E-state index in [-0.39, 0.29) is 55.6 Å². The Balaban J connectivity index is 0.00000432. The van der Waals surface area contributed by atoms with Crippen molar-refractivity contribution in [3.8, 4) is 0 Å². The summed E-state index contributed by atoms with van der Waals surface area (Å²) >= 11 is 0. The Kier molecular flexibility index (Phi) is 11.5. The number of carbonyl (C=O) groups is 1. The molecule has 5 atom stereocenters. The van der Waals surface area contributed by atoms with E-state index in [1.807, 2.05) is 24.3 Å². The van der Waals surface area contributed by atoms with Crippen LogP contribution in [-0.2, 0) is 24.2 Å². The summed E-state index contributed by atoms with van der Waals surface area (Å²) in [6.45, 7) is 0.676. The molecule has 0 unspecified atom stereocenters. The fraction of sp³-hybridized carbons (Fsp3) is 0.500. The zero-order chi connectivity index (χ0) is 24.9. The smallest absolute Gasteiger partial charge is 0.726 e. The summed E-state index contributed by atoms with van der Waals surface area (Å²) < 4.78 is 41.5. The number of ether oxygens (including phenoxy) is 1. The summed E-state index contributed by atoms with van der Waals surface area (Å²) in [6, 6.07) is 12.6. The first kappa shape index (κ1) is 30.1. The van der Waals surface area contributed by atoms with Crippen LogP contribution >= 0.6 is 0 Å². The summed E-state index contributed by atoms with van der Waals surface area (Å²) in [5, 5.41) is 32.8. The number of carbonyl (C=O) groups excluding carboxylic acids is 1. The van der Waals surface area contributed by atoms with Gasteiger partial charge in [-0.3, -0.25) is 13.8 Å². The third-order valence-corrected chi connectivity index (χ3v) is 6.04. The standard InChI is InChI=1S/C22H29NO10S.Na/c1-14-19(24)21(26)20(25)18(33-14)7-4-10-23(31-11-12-32-34(28,29)30)22(27)17-9-8-15-5-2-3-6-16(15)13-17;/h2-3,5-6,8-9,13-14,18-21,24-26H,4,7,10-12H2,1H3,(H,28,29,30);/q;+1/p-1/t14-,18-,19+,20+,21+;/m0./s1. The Labute approximate surface area is 225 Å². The summed E-state index contributed by atoms with van der Waals surface area (Å²) in [5.74, 6) is -0.496. The van der Waals surface area contributed by atoms with Crippen molar-refractivity contribution in [2.45, 2.75) is 50.3 Å². The Bertz CT molecular complexity index is 1080. The van der Waals surface area contributed by atoms with Crippen LogP contribution < -0.4 is 29.6 Å². The molecule has 35 heavy (non-hydrogen) atoms. The van der Waals surface area contributed by atoms with Gasteiger partial charge < -0.3 is 24.6 Å². The summed E-state index contributed by atoms with van der Waals surface area (Å²) in [6.07, 6.45) is -4.78. The number of hydrogen-bond acceptors (Lipinski definition) is 10. The largest absolute Gasteiger partial charge is 1.00 e. The molecule has 2 aromatic rings. The van der Waals surface area contributed by atoms with Crippen LogP contribution in [0.25, 0.3) is 10.8 Å². The number of nitrogens with zero attached hydrogens (tertiary/aromatic N) is 1. The Morgan fingerprint density at radius 1 is 1.06 bits per heavy atom. The normalized spacial score (nSPS) is 24.7. The van der Waals surface area contributed by atoms with Gasteiger partial charge in [0.2, 0.25) is 10.4 Å². The van der Waals surface area contributed by atoms with Crippen LogP contribution in [0.3, 0.4) is 0 Å². The molecule has 1 fully saturated rings. The van der Waals surface area contributed by atoms with E-state index in [0.717, 1.165) is 15.8 Å². The Hall–Kier alpha value is -1.16. The van der Waals surface area contributed by atoms with Crippen molar-refractivity contribution < 1.29 is 76.4 Å². The molecule has 3 N–H and O–H groups in total. The van der Waals surface area contributed by atoms with Gasteiger partial charge in [0, 0.05) is 12.1 Å². The monoisotopic (exact) mass is 521 g/mol. The van der Waals surface area contributed by atoms with Gasteiger partial charge in [-0.15, -0.1) is 0 Å². The van der Waals surface area contributed by atoms with E-state index >= 15 is 0 Å². The van der Waals surface area contributed by atoms with Gasteiger partial charge in [-0.1, -0.05) is 30.3 Å². The van der Waals surface area contributed by atoms with Crippen LogP contribution in [0.1, 0.15) is 30.1 Å². The minimum absolute atomic E-state index is 0. The molecule has 0 radical (unpaired) electrons. The Morgan fingerprint density at radius 2 is 1.74 bits per heavy atom. The molecule has 0 aromatic heterocycles. The maximum Gasteiger partial charge on any atom is 1.00 e. The van der Waals surface area contributed by atoms with Gasteiger partial charge in [0.25, 0.3) is 5.91 Å². The molecular formula is C22H28NNaO10S. The first-order valence-corrected chi connectivity index (χ1v) is 12.1. The molecule has 1 saturated heterocycles. The molecule has 0 bridgehead atoms. The van der Waals surface area contributed by atoms with Gasteiger partial charge in [-0.25, -0.2) is 13.5 Å². The zero-order valence-corrected chi connectivity index (χ0v) is 22.3. The van der Waals surface area contributed by atoms with Crippen molar-refractivity contribution in [1.29, 1.82) is 0 Å². The molecule has 11 nitrogen and oxygen atoms in total. The van der Waals surface area contributed by atoms with Crippen LogP contribution in [-0.4, -0.2) is 89.5 Å². The predicted molar refractivity (Wildman–Crippen MR) is 118 cm³/mol. The SMILES string of the molecule is C[C@@H]1O[C@@H](CCCN(OCCOS(=O)(=O)[O-])C(=O)c2ccc3ccccc3c2)[C@@H](O)[C@H](O)[C@@H]1O.[Na+]. The number of rotatable bonds is 10. The molecule has 1 amide bonds. The Morgan fingerprint density at radius 3 is 2.43 bits per heavy atom. The molecule has 3 rings (SSSR count). The zero-order valence-electron chi connectivity index (χ0n) is 19.5. The van der Waals surface area contributed by atoms with Gasteiger partial charge >= 0.3 is 29.6 Å². The number of aliphatic hydroxyl groups is 3. The second-order valence-electron chi connectivity index (χ2n) is 8.03. The average Bonchev–Trinajstić information content (AvgIpc) is 2.81. The third kappa shape index (κ3) is 8.44. The van der Waals surface area contributed by atoms with Crippen molar-refractivity contribution in [3.63, 3.8) is 0 Å². The van der Waals surface area contributed by atoms with E-state index in [1.54, 1.807) is 25.1 Å². The predicted octanol–water partition coefficient (Wildman–Crippen LogP) is -2.66. The molecule has 0 aliphatic carbocycles. The fourth-order valence-electron chi connectivity index (χ4n) is 3.79. The molecule has 0 spiro atoms. The van der Waals surface area contributed by atoms with Gasteiger partial charge in [0.05, 0.1) is 25.4 Å². The maximum absolute atomic E-state index is 13.1. The van der Waals surface area contributed by atoms with E-state index in [4.69, 9.17) is 9.57 Å². The topological polar surface area (TPSA) is 166 Å². The molecule has 188 valence electrons. The number of amides is 1. The number of fused-ring (bicyclic) bond motifs is 1. The number of benzene rings is 2. The number of aliphatic hydroxyl groups excluding tert-OH is 3. The molecule has 1 heterocycles. The van der Waals surface area contributed by atoms with Crippen molar-refractivity contribution in [2.75, 3.05) is 19.8 Å². The molecule has 2 aromatic carbocycles. The molecule has 13 heteroatoms. The van der Waals surface area contributed by atoms with Crippen molar-refractivity contribution in [1.82, 2.24) is 5.06 Å². The second-order valence-corrected chi connectivity index (χ2v) is 9.08.